The van der Waals surface area contributed by atoms with Crippen LogP contribution in [0, 0.1) is 0 Å². The molecule has 0 heterocycles. The Hall–Kier alpha value is -0.550. The van der Waals surface area contributed by atoms with Crippen molar-refractivity contribution in [3.8, 4) is 0 Å². The van der Waals surface area contributed by atoms with E-state index in [9.17, 15) is 9.59 Å². The zero-order chi connectivity index (χ0) is 8.85. The summed E-state index contributed by atoms with van der Waals surface area (Å²) < 4.78 is 6.51. The minimum Gasteiger partial charge on any atom is -0.368 e. The number of nitrogens with two attached hydrogens (primary N) is 2. The first-order chi connectivity index (χ1) is 5.04. The molecule has 0 fully saturated rings. The lowest BCUT2D eigenvalue weighted by atomic mass is 10.3. The Kier molecular flexibility index (Phi) is 3.97. The number of thioether (sulfide) groups is 1. The van der Waals surface area contributed by atoms with Crippen molar-refractivity contribution >= 4 is 23.9 Å². The molecule has 0 aromatic heterocycles. The second kappa shape index (κ2) is 5.25. The van der Waals surface area contributed by atoms with Gasteiger partial charge >= 0.3 is 0 Å². The van der Waals surface area contributed by atoms with E-state index in [1.165, 1.54) is 0 Å². The summed E-state index contributed by atoms with van der Waals surface area (Å²) in [5.74, 6) is -0.240. The molecule has 4 nitrogen and oxygen atoms in total. The molecular formula is C5H10N2O2S. The lowest BCUT2D eigenvalue weighted by Crippen LogP contribution is -2.38. The Morgan fingerprint density at radius 3 is 2.90 bits per heavy atom. The molecule has 0 rings (SSSR count). The number of primary amides is 1. The zero-order valence-electron chi connectivity index (χ0n) is 6.37. The predicted octanol–water partition coefficient (Wildman–Crippen LogP) is -1.27. The Labute approximate surface area is 64.7 Å². The van der Waals surface area contributed by atoms with Crippen molar-refractivity contribution in [2.45, 2.75) is 6.04 Å². The van der Waals surface area contributed by atoms with E-state index in [0.29, 0.717) is 5.75 Å². The third-order valence-corrected chi connectivity index (χ3v) is 1.74. The summed E-state index contributed by atoms with van der Waals surface area (Å²) >= 11 is 1.13. The molecule has 4 N–H and O–H groups in total. The van der Waals surface area contributed by atoms with Crippen LogP contribution in [0.15, 0.2) is 0 Å². The van der Waals surface area contributed by atoms with Crippen LogP contribution < -0.4 is 11.5 Å². The van der Waals surface area contributed by atoms with Crippen molar-refractivity contribution in [3.63, 3.8) is 0 Å². The van der Waals surface area contributed by atoms with Crippen molar-refractivity contribution in [3.05, 3.63) is 0 Å². The van der Waals surface area contributed by atoms with Crippen LogP contribution in [-0.4, -0.2) is 29.7 Å². The summed E-state index contributed by atoms with van der Waals surface area (Å²) in [7, 11) is 0. The summed E-state index contributed by atoms with van der Waals surface area (Å²) in [6.45, 7) is 0. The molecule has 0 saturated carbocycles. The minimum atomic E-state index is -0.723. The molecule has 0 aromatic rings. The van der Waals surface area contributed by atoms with Gasteiger partial charge in [0.1, 0.15) is 7.63 Å². The molecule has 1 amide bonds. The van der Waals surface area contributed by atoms with Crippen LogP contribution in [0.4, 0.5) is 0 Å². The van der Waals surface area contributed by atoms with Gasteiger partial charge in [0.2, 0.25) is 5.91 Å². The number of amides is 1. The van der Waals surface area contributed by atoms with Crippen LogP contribution in [-0.2, 0) is 9.59 Å². The molecular weight excluding hydrogens is 152 g/mol. The molecule has 0 radical (unpaired) electrons. The van der Waals surface area contributed by atoms with Gasteiger partial charge in [0.05, 0.1) is 6.04 Å². The molecule has 1 unspecified atom stereocenters. The lowest BCUT2D eigenvalue weighted by Gasteiger charge is -2.03. The molecule has 0 spiro atoms. The summed E-state index contributed by atoms with van der Waals surface area (Å²) in [6.07, 6.45) is -0.674. The van der Waals surface area contributed by atoms with Gasteiger partial charge in [-0.05, 0) is 0 Å². The third kappa shape index (κ3) is 4.34. The Balaban J connectivity index is 3.39. The van der Waals surface area contributed by atoms with Gasteiger partial charge in [-0.1, -0.05) is 0 Å². The van der Waals surface area contributed by atoms with Crippen molar-refractivity contribution in [1.82, 2.24) is 0 Å². The fourth-order valence-corrected chi connectivity index (χ4v) is 0.929. The Morgan fingerprint density at radius 1 is 1.90 bits per heavy atom. The highest BCUT2D eigenvalue weighted by Crippen LogP contribution is 1.98. The maximum Gasteiger partial charge on any atom is 0.235 e. The summed E-state index contributed by atoms with van der Waals surface area (Å²) in [5, 5.41) is 0. The first-order valence-corrected chi connectivity index (χ1v) is 3.81. The van der Waals surface area contributed by atoms with Crippen LogP contribution >= 0.6 is 11.8 Å². The number of rotatable bonds is 5. The van der Waals surface area contributed by atoms with Crippen LogP contribution in [0.25, 0.3) is 0 Å². The molecule has 0 saturated heterocycles. The van der Waals surface area contributed by atoms with Gasteiger partial charge in [0.25, 0.3) is 0 Å². The first kappa shape index (κ1) is 7.56. The van der Waals surface area contributed by atoms with E-state index in [0.717, 1.165) is 11.8 Å². The Morgan fingerprint density at radius 2 is 2.50 bits per heavy atom. The second-order valence-electron chi connectivity index (χ2n) is 1.67. The maximum absolute atomic E-state index is 10.3. The largest absolute Gasteiger partial charge is 0.368 e. The maximum atomic E-state index is 10.3. The van der Waals surface area contributed by atoms with E-state index in [-0.39, 0.29) is 5.75 Å². The number of hydrogen-bond donors (Lipinski definition) is 2. The Bertz CT molecular complexity index is 165. The quantitative estimate of drug-likeness (QED) is 0.496. The van der Waals surface area contributed by atoms with Crippen molar-refractivity contribution in [1.29, 1.82) is 0 Å². The highest BCUT2D eigenvalue weighted by atomic mass is 32.2. The van der Waals surface area contributed by atoms with Crippen LogP contribution in [0.5, 0.6) is 0 Å². The first-order valence-electron chi connectivity index (χ1n) is 3.16. The molecule has 5 heteroatoms. The number of carbonyl (C=O) groups excluding carboxylic acids is 2. The minimum absolute atomic E-state index is 0.0565. The number of hydrogen-bond acceptors (Lipinski definition) is 4. The standard InChI is InChI=1S/C5H10N2O2S/c6-4(5(7)9)3-10-2-1-8/h1,4H,2-3,6H2,(H2,7,9)/i1T. The van der Waals surface area contributed by atoms with Crippen LogP contribution in [0.1, 0.15) is 1.37 Å². The zero-order valence-corrected chi connectivity index (χ0v) is 6.19. The van der Waals surface area contributed by atoms with Gasteiger partial charge in [0.15, 0.2) is 0 Å². The van der Waals surface area contributed by atoms with Crippen molar-refractivity contribution < 1.29 is 11.0 Å². The highest BCUT2D eigenvalue weighted by Gasteiger charge is 2.07. The smallest absolute Gasteiger partial charge is 0.235 e. The van der Waals surface area contributed by atoms with E-state index in [4.69, 9.17) is 12.8 Å². The molecule has 10 heavy (non-hydrogen) atoms. The second-order valence-corrected chi connectivity index (χ2v) is 2.70. The number of aldehydes is 1. The predicted molar refractivity (Wildman–Crippen MR) is 40.6 cm³/mol. The fraction of sp³-hybridized carbons (Fsp3) is 0.600. The van der Waals surface area contributed by atoms with E-state index in [2.05, 4.69) is 0 Å². The average molecular weight is 164 g/mol. The van der Waals surface area contributed by atoms with Crippen molar-refractivity contribution in [2.75, 3.05) is 11.5 Å². The number of carbonyl (C=O) groups is 2. The molecule has 0 aliphatic rings. The van der Waals surface area contributed by atoms with E-state index in [1.807, 2.05) is 0 Å². The molecule has 0 aromatic carbocycles. The summed E-state index contributed by atoms with van der Waals surface area (Å²) in [4.78, 5) is 20.4. The van der Waals surface area contributed by atoms with Crippen LogP contribution in [0.3, 0.4) is 0 Å². The van der Waals surface area contributed by atoms with E-state index < -0.39 is 18.2 Å². The highest BCUT2D eigenvalue weighted by molar-refractivity contribution is 7.99. The molecule has 58 valence electrons. The van der Waals surface area contributed by atoms with Gasteiger partial charge in [0, 0.05) is 11.5 Å². The monoisotopic (exact) mass is 164 g/mol. The van der Waals surface area contributed by atoms with Gasteiger partial charge in [-0.15, -0.1) is 0 Å². The summed E-state index contributed by atoms with van der Waals surface area (Å²) in [5.41, 5.74) is 10.1. The molecule has 0 aliphatic heterocycles. The third-order valence-electron chi connectivity index (χ3n) is 0.824. The summed E-state index contributed by atoms with van der Waals surface area (Å²) in [6, 6.07) is -0.723. The average Bonchev–Trinajstić information content (AvgIpc) is 1.86. The fourth-order valence-electron chi connectivity index (χ4n) is 0.310. The van der Waals surface area contributed by atoms with Gasteiger partial charge < -0.3 is 16.3 Å². The lowest BCUT2D eigenvalue weighted by molar-refractivity contribution is -0.118. The van der Waals surface area contributed by atoms with E-state index >= 15 is 0 Å². The van der Waals surface area contributed by atoms with Crippen LogP contribution in [0.2, 0.25) is 0 Å². The SMILES string of the molecule is [3H]C(=O)CSCC(N)C(N)=O. The van der Waals surface area contributed by atoms with Gasteiger partial charge in [-0.2, -0.15) is 11.8 Å². The van der Waals surface area contributed by atoms with Gasteiger partial charge in [-0.25, -0.2) is 0 Å². The van der Waals surface area contributed by atoms with E-state index in [1.54, 1.807) is 0 Å². The topological polar surface area (TPSA) is 86.2 Å². The normalized spacial score (nSPS) is 13.9. The molecule has 0 bridgehead atoms. The van der Waals surface area contributed by atoms with Gasteiger partial charge in [-0.3, -0.25) is 4.79 Å². The van der Waals surface area contributed by atoms with Crippen molar-refractivity contribution in [2.24, 2.45) is 11.5 Å². The molecule has 0 aliphatic carbocycles. The molecule has 1 atom stereocenters.